The number of hydrogen-bond acceptors (Lipinski definition) is 6. The van der Waals surface area contributed by atoms with Gasteiger partial charge in [-0.05, 0) is 50.9 Å². The van der Waals surface area contributed by atoms with E-state index in [1.54, 1.807) is 0 Å². The molecule has 0 radical (unpaired) electrons. The summed E-state index contributed by atoms with van der Waals surface area (Å²) in [5.41, 5.74) is 0. The van der Waals surface area contributed by atoms with Crippen molar-refractivity contribution in [1.82, 2.24) is 20.1 Å². The van der Waals surface area contributed by atoms with Crippen molar-refractivity contribution in [2.45, 2.75) is 44.6 Å². The van der Waals surface area contributed by atoms with Gasteiger partial charge in [-0.25, -0.2) is 4.98 Å². The molecule has 4 rings (SSSR count). The summed E-state index contributed by atoms with van der Waals surface area (Å²) >= 11 is 0. The average Bonchev–Trinajstić information content (AvgIpc) is 3.12. The molecule has 2 aromatic rings. The van der Waals surface area contributed by atoms with Crippen LogP contribution < -0.4 is 4.90 Å². The van der Waals surface area contributed by atoms with Crippen LogP contribution >= 0.6 is 0 Å². The molecule has 0 aromatic carbocycles. The van der Waals surface area contributed by atoms with E-state index in [4.69, 9.17) is 4.42 Å². The van der Waals surface area contributed by atoms with Crippen molar-refractivity contribution in [3.63, 3.8) is 0 Å². The van der Waals surface area contributed by atoms with E-state index >= 15 is 0 Å². The maximum absolute atomic E-state index is 5.97. The first kappa shape index (κ1) is 15.6. The van der Waals surface area contributed by atoms with E-state index in [1.165, 1.54) is 19.3 Å². The van der Waals surface area contributed by atoms with Gasteiger partial charge in [0.1, 0.15) is 5.82 Å². The van der Waals surface area contributed by atoms with Gasteiger partial charge < -0.3 is 9.32 Å². The second kappa shape index (κ2) is 7.30. The minimum atomic E-state index is 0.382. The highest BCUT2D eigenvalue weighted by molar-refractivity contribution is 5.38. The monoisotopic (exact) mass is 327 g/mol. The third-order valence-corrected chi connectivity index (χ3v) is 5.11. The minimum absolute atomic E-state index is 0.382. The Bertz CT molecular complexity index is 630. The van der Waals surface area contributed by atoms with Crippen molar-refractivity contribution in [1.29, 1.82) is 0 Å². The van der Waals surface area contributed by atoms with Crippen LogP contribution in [0.15, 0.2) is 28.8 Å². The standard InChI is InChI=1S/C18H25N5O/c1-4-10-22(11-5-1)14-17-20-21-18(24-17)15-7-12-23(13-8-15)16-6-2-3-9-19-16/h2-3,6,9,15H,1,4-5,7-8,10-14H2. The Morgan fingerprint density at radius 3 is 2.58 bits per heavy atom. The zero-order valence-corrected chi connectivity index (χ0v) is 14.1. The molecule has 0 atom stereocenters. The fraction of sp³-hybridized carbons (Fsp3) is 0.611. The molecule has 4 heterocycles. The molecule has 128 valence electrons. The quantitative estimate of drug-likeness (QED) is 0.860. The van der Waals surface area contributed by atoms with Gasteiger partial charge in [-0.3, -0.25) is 4.90 Å². The van der Waals surface area contributed by atoms with Gasteiger partial charge in [0.05, 0.1) is 6.54 Å². The molecule has 2 aliphatic rings. The second-order valence-corrected chi connectivity index (χ2v) is 6.82. The lowest BCUT2D eigenvalue weighted by molar-refractivity contribution is 0.198. The van der Waals surface area contributed by atoms with Crippen molar-refractivity contribution >= 4 is 5.82 Å². The number of likely N-dealkylation sites (tertiary alicyclic amines) is 1. The van der Waals surface area contributed by atoms with Crippen LogP contribution in [0.25, 0.3) is 0 Å². The third kappa shape index (κ3) is 3.59. The Hall–Kier alpha value is -1.95. The van der Waals surface area contributed by atoms with Crippen molar-refractivity contribution < 1.29 is 4.42 Å². The molecule has 6 heteroatoms. The van der Waals surface area contributed by atoms with E-state index in [1.807, 2.05) is 18.3 Å². The third-order valence-electron chi connectivity index (χ3n) is 5.11. The van der Waals surface area contributed by atoms with Crippen molar-refractivity contribution in [2.24, 2.45) is 0 Å². The number of nitrogens with zero attached hydrogens (tertiary/aromatic N) is 5. The first-order valence-corrected chi connectivity index (χ1v) is 9.09. The van der Waals surface area contributed by atoms with Crippen LogP contribution in [-0.4, -0.2) is 46.3 Å². The highest BCUT2D eigenvalue weighted by atomic mass is 16.4. The lowest BCUT2D eigenvalue weighted by atomic mass is 9.97. The Morgan fingerprint density at radius 1 is 1.00 bits per heavy atom. The Labute approximate surface area is 142 Å². The van der Waals surface area contributed by atoms with Crippen molar-refractivity contribution in [3.05, 3.63) is 36.2 Å². The molecule has 0 spiro atoms. The van der Waals surface area contributed by atoms with Gasteiger partial charge in [0.25, 0.3) is 0 Å². The first-order valence-electron chi connectivity index (χ1n) is 9.09. The minimum Gasteiger partial charge on any atom is -0.424 e. The van der Waals surface area contributed by atoms with Gasteiger partial charge in [0.2, 0.25) is 11.8 Å². The molecular weight excluding hydrogens is 302 g/mol. The lowest BCUT2D eigenvalue weighted by Crippen LogP contribution is -2.33. The number of anilines is 1. The highest BCUT2D eigenvalue weighted by Crippen LogP contribution is 2.29. The van der Waals surface area contributed by atoms with E-state index in [-0.39, 0.29) is 0 Å². The topological polar surface area (TPSA) is 58.3 Å². The Morgan fingerprint density at radius 2 is 1.83 bits per heavy atom. The summed E-state index contributed by atoms with van der Waals surface area (Å²) in [7, 11) is 0. The number of piperidine rings is 2. The van der Waals surface area contributed by atoms with E-state index in [2.05, 4.69) is 31.0 Å². The van der Waals surface area contributed by atoms with Crippen LogP contribution in [0.2, 0.25) is 0 Å². The maximum atomic E-state index is 5.97. The number of pyridine rings is 1. The molecule has 2 aliphatic heterocycles. The van der Waals surface area contributed by atoms with Crippen molar-refractivity contribution in [2.75, 3.05) is 31.1 Å². The van der Waals surface area contributed by atoms with E-state index in [0.717, 1.165) is 63.2 Å². The van der Waals surface area contributed by atoms with Gasteiger partial charge >= 0.3 is 0 Å². The first-order chi connectivity index (χ1) is 11.9. The van der Waals surface area contributed by atoms with Gasteiger partial charge in [-0.1, -0.05) is 12.5 Å². The fourth-order valence-corrected chi connectivity index (χ4v) is 3.70. The molecule has 0 unspecified atom stereocenters. The lowest BCUT2D eigenvalue weighted by Gasteiger charge is -2.31. The highest BCUT2D eigenvalue weighted by Gasteiger charge is 2.26. The molecule has 0 amide bonds. The predicted molar refractivity (Wildman–Crippen MR) is 91.9 cm³/mol. The summed E-state index contributed by atoms with van der Waals surface area (Å²) in [4.78, 5) is 9.19. The fourth-order valence-electron chi connectivity index (χ4n) is 3.70. The summed E-state index contributed by atoms with van der Waals surface area (Å²) in [6.45, 7) is 5.09. The SMILES string of the molecule is c1ccc(N2CCC(c3nnc(CN4CCCCC4)o3)CC2)nc1. The number of hydrogen-bond donors (Lipinski definition) is 0. The molecule has 2 aromatic heterocycles. The molecule has 0 N–H and O–H groups in total. The second-order valence-electron chi connectivity index (χ2n) is 6.82. The summed E-state index contributed by atoms with van der Waals surface area (Å²) in [6.07, 6.45) is 7.86. The summed E-state index contributed by atoms with van der Waals surface area (Å²) < 4.78 is 5.97. The van der Waals surface area contributed by atoms with Gasteiger partial charge in [-0.15, -0.1) is 10.2 Å². The maximum Gasteiger partial charge on any atom is 0.230 e. The summed E-state index contributed by atoms with van der Waals surface area (Å²) in [6, 6.07) is 6.07. The number of rotatable bonds is 4. The van der Waals surface area contributed by atoms with Crippen LogP contribution in [0, 0.1) is 0 Å². The van der Waals surface area contributed by atoms with Gasteiger partial charge in [0.15, 0.2) is 0 Å². The van der Waals surface area contributed by atoms with Gasteiger partial charge in [-0.2, -0.15) is 0 Å². The molecular formula is C18H25N5O. The molecule has 2 fully saturated rings. The van der Waals surface area contributed by atoms with Crippen LogP contribution in [-0.2, 0) is 6.54 Å². The van der Waals surface area contributed by atoms with E-state index < -0.39 is 0 Å². The normalized spacial score (nSPS) is 20.4. The Kier molecular flexibility index (Phi) is 4.74. The van der Waals surface area contributed by atoms with Crippen LogP contribution in [0.1, 0.15) is 49.8 Å². The predicted octanol–water partition coefficient (Wildman–Crippen LogP) is 2.83. The van der Waals surface area contributed by atoms with Gasteiger partial charge in [0, 0.05) is 25.2 Å². The average molecular weight is 327 g/mol. The summed E-state index contributed by atoms with van der Waals surface area (Å²) in [5.74, 6) is 3.04. The van der Waals surface area contributed by atoms with E-state index in [0.29, 0.717) is 5.92 Å². The van der Waals surface area contributed by atoms with Crippen LogP contribution in [0.4, 0.5) is 5.82 Å². The van der Waals surface area contributed by atoms with E-state index in [9.17, 15) is 0 Å². The number of aromatic nitrogens is 3. The molecule has 2 saturated heterocycles. The van der Waals surface area contributed by atoms with Crippen molar-refractivity contribution in [3.8, 4) is 0 Å². The smallest absolute Gasteiger partial charge is 0.230 e. The molecule has 24 heavy (non-hydrogen) atoms. The molecule has 0 aliphatic carbocycles. The van der Waals surface area contributed by atoms with Crippen LogP contribution in [0.5, 0.6) is 0 Å². The molecule has 0 saturated carbocycles. The molecule has 6 nitrogen and oxygen atoms in total. The Balaban J connectivity index is 1.32. The zero-order valence-electron chi connectivity index (χ0n) is 14.1. The summed E-state index contributed by atoms with van der Waals surface area (Å²) in [5, 5.41) is 8.60. The van der Waals surface area contributed by atoms with Crippen LogP contribution in [0.3, 0.4) is 0 Å². The molecule has 0 bridgehead atoms. The largest absolute Gasteiger partial charge is 0.424 e. The zero-order chi connectivity index (χ0) is 16.2.